The van der Waals surface area contributed by atoms with Gasteiger partial charge in [0.15, 0.2) is 56.4 Å². The number of hydrogen-bond acceptors (Lipinski definition) is 42. The van der Waals surface area contributed by atoms with Crippen molar-refractivity contribution in [3.8, 4) is 0 Å². The Labute approximate surface area is 703 Å². The molecule has 42 nitrogen and oxygen atoms in total. The predicted molar refractivity (Wildman–Crippen MR) is 399 cm³/mol. The minimum absolute atomic E-state index is 0.0240. The molecule has 23 N–H and O–H groups in total. The molecular weight excluding hydrogens is 1630 g/mol. The van der Waals surface area contributed by atoms with E-state index in [2.05, 4.69) is 40.7 Å². The Morgan fingerprint density at radius 1 is 0.402 bits per heavy atom. The summed E-state index contributed by atoms with van der Waals surface area (Å²) in [4.78, 5) is 15.8. The molecule has 4 saturated carbocycles. The van der Waals surface area contributed by atoms with Crippen LogP contribution in [0.1, 0.15) is 127 Å². The summed E-state index contributed by atoms with van der Waals surface area (Å²) in [5.41, 5.74) is -2.59. The lowest BCUT2D eigenvalue weighted by Crippen LogP contribution is -2.67. The maximum absolute atomic E-state index is 15.8. The predicted octanol–water partition coefficient (Wildman–Crippen LogP) is -8.30. The molecule has 0 bridgehead atoms. The zero-order valence-electron chi connectivity index (χ0n) is 69.6. The van der Waals surface area contributed by atoms with E-state index in [0.29, 0.717) is 64.2 Å². The number of esters is 1. The molecule has 0 aromatic rings. The monoisotopic (exact) mass is 1760 g/mol. The fourth-order valence-electron chi connectivity index (χ4n) is 22.5. The molecule has 9 aliphatic heterocycles. The second-order valence-electron chi connectivity index (χ2n) is 38.4. The highest BCUT2D eigenvalue weighted by Gasteiger charge is 2.72. The number of carbonyl (C=O) groups excluding carboxylic acids is 1. The first kappa shape index (κ1) is 95.7. The van der Waals surface area contributed by atoms with Gasteiger partial charge in [0.05, 0.1) is 76.1 Å². The molecule has 5 aliphatic carbocycles. The summed E-state index contributed by atoms with van der Waals surface area (Å²) in [6, 6.07) is 0. The normalized spacial score (nSPS) is 55.5. The molecule has 14 rings (SSSR count). The third-order valence-electron chi connectivity index (χ3n) is 30.5. The SMILES string of the molecule is C[C@@H]1O[C@H](OC[C@@H]2O[C@H](O[C@H]3CO[C@H](O[C@H]4[C@H](O)[C@@H](O[C@@H]5[C@@H](OC(=O)[C@]67CCC(C)(C)C[C@H]6C6=CC[C@H]8[C@]9(C)CC[C@H](O[C@H]%10OC[C@H](O)[C@@H](O)[C@@H]%10O[C@H]%10O[C@@H](C)[C@H](O)[C@@H](O[C@H]%11OC[C@H](O)[C@@H](O)[C@@H]%11O)[C@@H]%10O)[C@@](C)(CO)[C@H]9CC[C@]8(C)[C@@]6(C)CC7)OC[C@H](O)[C@H]5O)O[C@@H](C)[C@@H]4O)[C@@H](O)[C@@H]3O)[C@@H](O[C@H]3O[C@@H](CO)[C@H](O)[C@@H](O)[C@@H]3O)[C@H](O)[C@H]2O)[C@@H](O)[C@H](O)[C@H]1O. The number of aliphatic hydroxyl groups excluding tert-OH is 23. The Hall–Kier alpha value is -2.39. The molecule has 122 heavy (non-hydrogen) atoms. The van der Waals surface area contributed by atoms with Crippen molar-refractivity contribution in [1.29, 1.82) is 0 Å². The Morgan fingerprint density at radius 3 is 1.48 bits per heavy atom. The van der Waals surface area contributed by atoms with Crippen molar-refractivity contribution in [1.82, 2.24) is 0 Å². The summed E-state index contributed by atoms with van der Waals surface area (Å²) in [5.74, 6) is -1.18. The fourth-order valence-corrected chi connectivity index (χ4v) is 22.5. The van der Waals surface area contributed by atoms with Crippen LogP contribution in [0.15, 0.2) is 11.6 Å². The quantitative estimate of drug-likeness (QED) is 0.0288. The van der Waals surface area contributed by atoms with Crippen molar-refractivity contribution in [3.05, 3.63) is 11.6 Å². The van der Waals surface area contributed by atoms with Crippen LogP contribution < -0.4 is 0 Å². The number of fused-ring (bicyclic) bond motifs is 7. The van der Waals surface area contributed by atoms with Crippen LogP contribution in [0.4, 0.5) is 0 Å². The summed E-state index contributed by atoms with van der Waals surface area (Å²) in [5, 5.41) is 255. The topological polar surface area (TPSA) is 649 Å². The van der Waals surface area contributed by atoms with Crippen LogP contribution in [0, 0.1) is 50.2 Å². The summed E-state index contributed by atoms with van der Waals surface area (Å²) >= 11 is 0. The maximum atomic E-state index is 15.8. The van der Waals surface area contributed by atoms with Crippen LogP contribution in [-0.2, 0) is 90.1 Å². The summed E-state index contributed by atoms with van der Waals surface area (Å²) in [7, 11) is 0. The Morgan fingerprint density at radius 2 is 0.877 bits per heavy atom. The minimum Gasteiger partial charge on any atom is -0.432 e. The third-order valence-corrected chi connectivity index (χ3v) is 30.5. The van der Waals surface area contributed by atoms with Crippen molar-refractivity contribution in [2.24, 2.45) is 50.2 Å². The van der Waals surface area contributed by atoms with E-state index in [1.807, 2.05) is 6.92 Å². The molecule has 9 heterocycles. The highest BCUT2D eigenvalue weighted by atomic mass is 16.8. The number of carbonyl (C=O) groups is 1. The minimum atomic E-state index is -2.15. The standard InChI is InChI=1S/C80H130O42/c1-28-42(86)51(95)56(100)65(110-28)108-25-37-49(93)53(97)64(121-68-57(101)52(96)48(92)36(21-81)113-68)73(114-37)115-38-26-109-67(55(99)50(38)94)118-61-44(88)30(3)112-70(59(61)103)120-63-47(91)35(85)24-107-72(63)122-74(104)80-18-16-75(4,5)20-32(80)31-10-11-40-76(6)14-13-41(77(7,27-82)39(76)12-15-79(40,9)78(31,8)17-19-80)116-71-62(46(90)34(84)23-106-71)119-69-58(102)60(43(87)29(2)111-69)117-66-54(98)45(89)33(83)22-105-66/h10,28-30,32-73,81-103H,11-27H2,1-9H3/t28-,29-,30-,32-,33-,34-,35-,36-,37-,38-,39-,40-,41-,42-,43-,44-,45+,46+,47+,48-,49-,50+,51+,52+,53+,54-,55-,56-,57-,58-,59-,60+,61+,62-,63-,64-,65-,66+,67+,68+,69+,70+,71+,72+,73+,76+,77-,78-,79-,80-/m0/s1. The Bertz CT molecular complexity index is 3520. The van der Waals surface area contributed by atoms with Crippen LogP contribution in [0.3, 0.4) is 0 Å². The largest absolute Gasteiger partial charge is 0.432 e. The van der Waals surface area contributed by atoms with Gasteiger partial charge in [0, 0.05) is 5.41 Å². The molecule has 0 radical (unpaired) electrons. The lowest BCUT2D eigenvalue weighted by Gasteiger charge is -2.71. The Kier molecular flexibility index (Phi) is 29.0. The van der Waals surface area contributed by atoms with Gasteiger partial charge in [0.2, 0.25) is 6.29 Å². The maximum Gasteiger partial charge on any atom is 0.315 e. The summed E-state index contributed by atoms with van der Waals surface area (Å²) in [6.07, 6.45) is -64.0. The molecule has 9 saturated heterocycles. The zero-order chi connectivity index (χ0) is 88.6. The van der Waals surface area contributed by atoms with E-state index in [9.17, 15) is 117 Å². The number of allylic oxidation sites excluding steroid dienone is 2. The van der Waals surface area contributed by atoms with Crippen molar-refractivity contribution in [3.63, 3.8) is 0 Å². The van der Waals surface area contributed by atoms with Crippen molar-refractivity contribution < 1.29 is 208 Å². The van der Waals surface area contributed by atoms with Crippen LogP contribution in [-0.4, -0.2) is 428 Å². The summed E-state index contributed by atoms with van der Waals surface area (Å²) < 4.78 is 108. The van der Waals surface area contributed by atoms with E-state index in [0.717, 1.165) is 5.57 Å². The number of ether oxygens (including phenoxy) is 18. The van der Waals surface area contributed by atoms with Crippen molar-refractivity contribution in [2.75, 3.05) is 46.2 Å². The lowest BCUT2D eigenvalue weighted by molar-refractivity contribution is -0.391. The molecule has 0 aromatic carbocycles. The van der Waals surface area contributed by atoms with Crippen LogP contribution >= 0.6 is 0 Å². The second-order valence-corrected chi connectivity index (χ2v) is 38.4. The average molecular weight is 1760 g/mol. The lowest BCUT2D eigenvalue weighted by atomic mass is 9.33. The molecule has 0 aromatic heterocycles. The van der Waals surface area contributed by atoms with E-state index < -0.39 is 324 Å². The number of aliphatic hydroxyl groups is 23. The fraction of sp³-hybridized carbons (Fsp3) is 0.963. The van der Waals surface area contributed by atoms with Gasteiger partial charge in [0.1, 0.15) is 171 Å². The molecule has 702 valence electrons. The molecule has 13 fully saturated rings. The van der Waals surface area contributed by atoms with E-state index in [1.165, 1.54) is 20.8 Å². The van der Waals surface area contributed by atoms with Gasteiger partial charge < -0.3 is 203 Å². The van der Waals surface area contributed by atoms with Crippen LogP contribution in [0.25, 0.3) is 0 Å². The molecule has 50 atom stereocenters. The van der Waals surface area contributed by atoms with Gasteiger partial charge in [-0.3, -0.25) is 4.79 Å². The highest BCUT2D eigenvalue weighted by molar-refractivity contribution is 5.79. The first-order valence-electron chi connectivity index (χ1n) is 42.8. The number of rotatable bonds is 21. The highest BCUT2D eigenvalue weighted by Crippen LogP contribution is 2.76. The molecule has 0 unspecified atom stereocenters. The van der Waals surface area contributed by atoms with Gasteiger partial charge in [-0.1, -0.05) is 53.2 Å². The van der Waals surface area contributed by atoms with Gasteiger partial charge in [0.25, 0.3) is 0 Å². The molecule has 14 aliphatic rings. The first-order chi connectivity index (χ1) is 57.4. The molecule has 0 amide bonds. The van der Waals surface area contributed by atoms with E-state index >= 15 is 4.79 Å². The van der Waals surface area contributed by atoms with E-state index in [4.69, 9.17) is 85.3 Å². The van der Waals surface area contributed by atoms with Gasteiger partial charge in [-0.25, -0.2) is 0 Å². The third kappa shape index (κ3) is 17.2. The van der Waals surface area contributed by atoms with Crippen molar-refractivity contribution >= 4 is 5.97 Å². The van der Waals surface area contributed by atoms with E-state index in [-0.39, 0.29) is 36.4 Å². The van der Waals surface area contributed by atoms with Gasteiger partial charge in [-0.05, 0) is 124 Å². The van der Waals surface area contributed by atoms with Gasteiger partial charge >= 0.3 is 5.97 Å². The first-order valence-corrected chi connectivity index (χ1v) is 42.8. The van der Waals surface area contributed by atoms with Crippen LogP contribution in [0.2, 0.25) is 0 Å². The van der Waals surface area contributed by atoms with Gasteiger partial charge in [-0.15, -0.1) is 0 Å². The van der Waals surface area contributed by atoms with E-state index in [1.54, 1.807) is 0 Å². The van der Waals surface area contributed by atoms with Crippen molar-refractivity contribution in [2.45, 2.75) is 385 Å². The molecule has 0 spiro atoms. The van der Waals surface area contributed by atoms with Crippen LogP contribution in [0.5, 0.6) is 0 Å². The Balaban J connectivity index is 0.640. The van der Waals surface area contributed by atoms with Gasteiger partial charge in [-0.2, -0.15) is 0 Å². The molecule has 42 heteroatoms. The smallest absolute Gasteiger partial charge is 0.315 e. The second kappa shape index (κ2) is 37.0. The summed E-state index contributed by atoms with van der Waals surface area (Å²) in [6.45, 7) is 13.4. The average Bonchev–Trinajstić information content (AvgIpc) is 0.672. The zero-order valence-corrected chi connectivity index (χ0v) is 69.6. The number of hydrogen-bond donors (Lipinski definition) is 23. The molecular formula is C80H130O42.